The van der Waals surface area contributed by atoms with E-state index < -0.39 is 15.8 Å². The fraction of sp³-hybridized carbons (Fsp3) is 0.500. The van der Waals surface area contributed by atoms with Crippen LogP contribution in [0, 0.1) is 0 Å². The molecule has 1 aliphatic heterocycles. The number of oxazole rings is 1. The van der Waals surface area contributed by atoms with Crippen molar-refractivity contribution in [2.75, 3.05) is 13.1 Å². The molecule has 2 aromatic rings. The summed E-state index contributed by atoms with van der Waals surface area (Å²) in [5, 5.41) is 0. The Hall–Kier alpha value is -1.64. The number of hydrogen-bond acceptors (Lipinski definition) is 5. The fourth-order valence-corrected chi connectivity index (χ4v) is 4.36. The van der Waals surface area contributed by atoms with Gasteiger partial charge in [-0.2, -0.15) is 4.31 Å². The summed E-state index contributed by atoms with van der Waals surface area (Å²) in [7, 11) is -2.06. The summed E-state index contributed by atoms with van der Waals surface area (Å²) in [5.74, 6) is -0.516. The first-order valence-corrected chi connectivity index (χ1v) is 8.48. The number of benzene rings is 1. The molecule has 0 saturated carbocycles. The standard InChI is InChI=1S/C14H18N2O5S/c1-9-7-16(8-10(2)20-9)22(18,19)11-4-5-12-13(6-11)21-14(17)15(12)3/h4-6,9-10H,7-8H2,1-3H3. The smallest absolute Gasteiger partial charge is 0.408 e. The Morgan fingerprint density at radius 2 is 1.82 bits per heavy atom. The third-order valence-electron chi connectivity index (χ3n) is 3.79. The second-order valence-electron chi connectivity index (χ2n) is 5.64. The van der Waals surface area contributed by atoms with Gasteiger partial charge in [0.1, 0.15) is 0 Å². The maximum atomic E-state index is 12.8. The number of aryl methyl sites for hydroxylation is 1. The topological polar surface area (TPSA) is 81.8 Å². The van der Waals surface area contributed by atoms with Crippen LogP contribution in [0.3, 0.4) is 0 Å². The normalized spacial score (nSPS) is 24.0. The summed E-state index contributed by atoms with van der Waals surface area (Å²) in [6.45, 7) is 4.31. The molecular weight excluding hydrogens is 308 g/mol. The Kier molecular flexibility index (Phi) is 3.62. The zero-order chi connectivity index (χ0) is 16.1. The van der Waals surface area contributed by atoms with Crippen LogP contribution in [0.5, 0.6) is 0 Å². The van der Waals surface area contributed by atoms with Crippen molar-refractivity contribution in [2.24, 2.45) is 7.05 Å². The minimum Gasteiger partial charge on any atom is -0.408 e. The van der Waals surface area contributed by atoms with Gasteiger partial charge >= 0.3 is 5.76 Å². The predicted octanol–water partition coefficient (Wildman–Crippen LogP) is 0.929. The molecule has 0 bridgehead atoms. The van der Waals surface area contributed by atoms with E-state index in [1.165, 1.54) is 21.0 Å². The minimum atomic E-state index is -3.64. The van der Waals surface area contributed by atoms with E-state index in [0.29, 0.717) is 18.6 Å². The lowest BCUT2D eigenvalue weighted by atomic mass is 10.3. The summed E-state index contributed by atoms with van der Waals surface area (Å²) in [5.41, 5.74) is 0.829. The van der Waals surface area contributed by atoms with Gasteiger partial charge in [0.2, 0.25) is 10.0 Å². The van der Waals surface area contributed by atoms with Gasteiger partial charge in [0.15, 0.2) is 5.58 Å². The number of fused-ring (bicyclic) bond motifs is 1. The van der Waals surface area contributed by atoms with E-state index in [9.17, 15) is 13.2 Å². The van der Waals surface area contributed by atoms with Crippen LogP contribution in [0.4, 0.5) is 0 Å². The van der Waals surface area contributed by atoms with Crippen LogP contribution in [-0.2, 0) is 21.8 Å². The Morgan fingerprint density at radius 3 is 2.45 bits per heavy atom. The maximum absolute atomic E-state index is 12.8. The number of nitrogens with zero attached hydrogens (tertiary/aromatic N) is 2. The summed E-state index contributed by atoms with van der Waals surface area (Å²) >= 11 is 0. The molecule has 1 aromatic heterocycles. The van der Waals surface area contributed by atoms with Crippen LogP contribution in [0.25, 0.3) is 11.1 Å². The molecule has 22 heavy (non-hydrogen) atoms. The van der Waals surface area contributed by atoms with E-state index >= 15 is 0 Å². The maximum Gasteiger partial charge on any atom is 0.419 e. The fourth-order valence-electron chi connectivity index (χ4n) is 2.75. The molecule has 1 aromatic carbocycles. The molecular formula is C14H18N2O5S. The van der Waals surface area contributed by atoms with Gasteiger partial charge in [0, 0.05) is 26.2 Å². The average molecular weight is 326 g/mol. The molecule has 2 atom stereocenters. The predicted molar refractivity (Wildman–Crippen MR) is 80.2 cm³/mol. The van der Waals surface area contributed by atoms with E-state index in [4.69, 9.17) is 9.15 Å². The first-order chi connectivity index (χ1) is 10.3. The van der Waals surface area contributed by atoms with Crippen LogP contribution in [0.1, 0.15) is 13.8 Å². The second-order valence-corrected chi connectivity index (χ2v) is 7.57. The highest BCUT2D eigenvalue weighted by Gasteiger charge is 2.32. The summed E-state index contributed by atoms with van der Waals surface area (Å²) < 4.78 is 38.9. The van der Waals surface area contributed by atoms with Crippen molar-refractivity contribution >= 4 is 21.1 Å². The van der Waals surface area contributed by atoms with Gasteiger partial charge in [-0.15, -0.1) is 0 Å². The van der Waals surface area contributed by atoms with Gasteiger partial charge in [-0.3, -0.25) is 4.57 Å². The van der Waals surface area contributed by atoms with Crippen molar-refractivity contribution in [3.63, 3.8) is 0 Å². The first kappa shape index (κ1) is 15.3. The molecule has 0 aliphatic carbocycles. The van der Waals surface area contributed by atoms with Crippen LogP contribution in [0.15, 0.2) is 32.3 Å². The highest BCUT2D eigenvalue weighted by atomic mass is 32.2. The summed E-state index contributed by atoms with van der Waals surface area (Å²) in [6, 6.07) is 4.48. The summed E-state index contributed by atoms with van der Waals surface area (Å²) in [6.07, 6.45) is -0.311. The largest absolute Gasteiger partial charge is 0.419 e. The van der Waals surface area contributed by atoms with Gasteiger partial charge in [0.05, 0.1) is 22.6 Å². The molecule has 0 amide bonds. The van der Waals surface area contributed by atoms with Gasteiger partial charge in [-0.1, -0.05) is 0 Å². The number of ether oxygens (including phenoxy) is 1. The van der Waals surface area contributed by atoms with E-state index in [0.717, 1.165) is 0 Å². The second kappa shape index (κ2) is 5.22. The lowest BCUT2D eigenvalue weighted by molar-refractivity contribution is -0.0440. The van der Waals surface area contributed by atoms with Crippen molar-refractivity contribution in [2.45, 2.75) is 31.0 Å². The van der Waals surface area contributed by atoms with E-state index in [1.807, 2.05) is 13.8 Å². The third-order valence-corrected chi connectivity index (χ3v) is 5.62. The Bertz CT molecular complexity index is 857. The average Bonchev–Trinajstić information content (AvgIpc) is 2.72. The van der Waals surface area contributed by atoms with Crippen LogP contribution in [0.2, 0.25) is 0 Å². The number of rotatable bonds is 2. The van der Waals surface area contributed by atoms with E-state index in [-0.39, 0.29) is 22.7 Å². The van der Waals surface area contributed by atoms with E-state index in [2.05, 4.69) is 0 Å². The van der Waals surface area contributed by atoms with Crippen molar-refractivity contribution in [1.29, 1.82) is 0 Å². The SMILES string of the molecule is CC1CN(S(=O)(=O)c2ccc3c(c2)oc(=O)n3C)CC(C)O1. The molecule has 2 unspecified atom stereocenters. The molecule has 3 rings (SSSR count). The molecule has 0 spiro atoms. The Morgan fingerprint density at radius 1 is 1.18 bits per heavy atom. The zero-order valence-corrected chi connectivity index (χ0v) is 13.5. The molecule has 0 N–H and O–H groups in total. The third kappa shape index (κ3) is 2.47. The quantitative estimate of drug-likeness (QED) is 0.820. The lowest BCUT2D eigenvalue weighted by Gasteiger charge is -2.34. The molecule has 2 heterocycles. The van der Waals surface area contributed by atoms with Gasteiger partial charge < -0.3 is 9.15 Å². The number of aromatic nitrogens is 1. The minimum absolute atomic E-state index is 0.121. The highest BCUT2D eigenvalue weighted by molar-refractivity contribution is 7.89. The Balaban J connectivity index is 2.03. The van der Waals surface area contributed by atoms with Crippen molar-refractivity contribution in [1.82, 2.24) is 8.87 Å². The van der Waals surface area contributed by atoms with Crippen molar-refractivity contribution in [3.8, 4) is 0 Å². The van der Waals surface area contributed by atoms with Crippen LogP contribution in [-0.4, -0.2) is 42.6 Å². The molecule has 1 aliphatic rings. The molecule has 0 radical (unpaired) electrons. The first-order valence-electron chi connectivity index (χ1n) is 7.04. The van der Waals surface area contributed by atoms with Crippen molar-refractivity contribution < 1.29 is 17.6 Å². The zero-order valence-electron chi connectivity index (χ0n) is 12.6. The van der Waals surface area contributed by atoms with Crippen molar-refractivity contribution in [3.05, 3.63) is 28.7 Å². The van der Waals surface area contributed by atoms with Gasteiger partial charge in [-0.25, -0.2) is 13.2 Å². The molecule has 120 valence electrons. The Labute approximate surface area is 128 Å². The molecule has 1 saturated heterocycles. The monoisotopic (exact) mass is 326 g/mol. The lowest BCUT2D eigenvalue weighted by Crippen LogP contribution is -2.48. The number of sulfonamides is 1. The molecule has 7 nitrogen and oxygen atoms in total. The van der Waals surface area contributed by atoms with Gasteiger partial charge in [0.25, 0.3) is 0 Å². The number of morpholine rings is 1. The van der Waals surface area contributed by atoms with E-state index in [1.54, 1.807) is 13.1 Å². The summed E-state index contributed by atoms with van der Waals surface area (Å²) in [4.78, 5) is 11.6. The number of hydrogen-bond donors (Lipinski definition) is 0. The highest BCUT2D eigenvalue weighted by Crippen LogP contribution is 2.24. The molecule has 8 heteroatoms. The van der Waals surface area contributed by atoms with Crippen LogP contribution < -0.4 is 5.76 Å². The van der Waals surface area contributed by atoms with Crippen LogP contribution >= 0.6 is 0 Å². The molecule has 1 fully saturated rings. The van der Waals surface area contributed by atoms with Gasteiger partial charge in [-0.05, 0) is 26.0 Å².